The standard InChI is InChI=1S/C25H34N2O5S/c1-16-12-18(3)22(13-17(16)2)19(4)26-25(28)20-8-7-11-27(15-20)33(29,30)21-9-10-23(31-5)24(14-21)32-6/h9-10,12-14,19-20H,7-8,11,15H2,1-6H3,(H,26,28)/t19-,20-/m0/s1. The van der Waals surface area contributed by atoms with E-state index in [9.17, 15) is 13.2 Å². The Labute approximate surface area is 197 Å². The van der Waals surface area contributed by atoms with E-state index in [-0.39, 0.29) is 23.4 Å². The van der Waals surface area contributed by atoms with Gasteiger partial charge >= 0.3 is 0 Å². The van der Waals surface area contributed by atoms with Crippen molar-refractivity contribution in [3.63, 3.8) is 0 Å². The molecule has 0 radical (unpaired) electrons. The van der Waals surface area contributed by atoms with Crippen molar-refractivity contribution in [2.24, 2.45) is 5.92 Å². The van der Waals surface area contributed by atoms with Crippen LogP contribution in [-0.4, -0.2) is 45.9 Å². The molecule has 1 heterocycles. The molecule has 33 heavy (non-hydrogen) atoms. The molecule has 0 saturated carbocycles. The van der Waals surface area contributed by atoms with E-state index in [0.29, 0.717) is 30.9 Å². The van der Waals surface area contributed by atoms with Crippen LogP contribution in [-0.2, 0) is 14.8 Å². The highest BCUT2D eigenvalue weighted by Crippen LogP contribution is 2.32. The molecule has 1 aliphatic heterocycles. The van der Waals surface area contributed by atoms with Crippen LogP contribution in [0.4, 0.5) is 0 Å². The first-order chi connectivity index (χ1) is 15.6. The van der Waals surface area contributed by atoms with E-state index in [1.54, 1.807) is 6.07 Å². The molecule has 0 spiro atoms. The Hall–Kier alpha value is -2.58. The third-order valence-electron chi connectivity index (χ3n) is 6.46. The number of carbonyl (C=O) groups is 1. The number of amides is 1. The van der Waals surface area contributed by atoms with Gasteiger partial charge in [0, 0.05) is 19.2 Å². The normalized spacial score (nSPS) is 17.9. The van der Waals surface area contributed by atoms with Crippen LogP contribution in [0.3, 0.4) is 0 Å². The third-order valence-corrected chi connectivity index (χ3v) is 8.32. The van der Waals surface area contributed by atoms with Crippen LogP contribution in [0.25, 0.3) is 0 Å². The van der Waals surface area contributed by atoms with Gasteiger partial charge in [-0.2, -0.15) is 4.31 Å². The minimum atomic E-state index is -3.77. The number of rotatable bonds is 7. The number of carbonyl (C=O) groups excluding carboxylic acids is 1. The molecule has 1 amide bonds. The van der Waals surface area contributed by atoms with Gasteiger partial charge in [-0.15, -0.1) is 0 Å². The lowest BCUT2D eigenvalue weighted by Crippen LogP contribution is -2.45. The summed E-state index contributed by atoms with van der Waals surface area (Å²) in [6, 6.07) is 8.63. The van der Waals surface area contributed by atoms with E-state index in [1.807, 2.05) is 13.8 Å². The highest BCUT2D eigenvalue weighted by atomic mass is 32.2. The molecule has 7 nitrogen and oxygen atoms in total. The molecular weight excluding hydrogens is 440 g/mol. The van der Waals surface area contributed by atoms with Gasteiger partial charge in [0.05, 0.1) is 31.1 Å². The lowest BCUT2D eigenvalue weighted by molar-refractivity contribution is -0.126. The predicted molar refractivity (Wildman–Crippen MR) is 128 cm³/mol. The number of nitrogens with one attached hydrogen (secondary N) is 1. The van der Waals surface area contributed by atoms with Crippen molar-refractivity contribution in [3.05, 3.63) is 52.6 Å². The lowest BCUT2D eigenvalue weighted by Gasteiger charge is -2.32. The predicted octanol–water partition coefficient (Wildman–Crippen LogP) is 3.91. The molecule has 0 aromatic heterocycles. The summed E-state index contributed by atoms with van der Waals surface area (Å²) in [4.78, 5) is 13.2. The number of ether oxygens (including phenoxy) is 2. The smallest absolute Gasteiger partial charge is 0.243 e. The van der Waals surface area contributed by atoms with Gasteiger partial charge in [0.25, 0.3) is 0 Å². The van der Waals surface area contributed by atoms with Crippen LogP contribution in [0.1, 0.15) is 48.1 Å². The number of piperidine rings is 1. The van der Waals surface area contributed by atoms with Crippen LogP contribution in [0.2, 0.25) is 0 Å². The van der Waals surface area contributed by atoms with Gasteiger partial charge in [-0.25, -0.2) is 8.42 Å². The Morgan fingerprint density at radius 1 is 1.03 bits per heavy atom. The van der Waals surface area contributed by atoms with Crippen molar-refractivity contribution in [1.29, 1.82) is 0 Å². The highest BCUT2D eigenvalue weighted by molar-refractivity contribution is 7.89. The van der Waals surface area contributed by atoms with Gasteiger partial charge < -0.3 is 14.8 Å². The molecule has 0 aliphatic carbocycles. The summed E-state index contributed by atoms with van der Waals surface area (Å²) in [5, 5.41) is 3.10. The first-order valence-corrected chi connectivity index (χ1v) is 12.6. The zero-order chi connectivity index (χ0) is 24.3. The summed E-state index contributed by atoms with van der Waals surface area (Å²) < 4.78 is 38.4. The maximum atomic E-state index is 13.3. The van der Waals surface area contributed by atoms with E-state index in [0.717, 1.165) is 11.1 Å². The fraction of sp³-hybridized carbons (Fsp3) is 0.480. The van der Waals surface area contributed by atoms with Crippen molar-refractivity contribution in [3.8, 4) is 11.5 Å². The van der Waals surface area contributed by atoms with Crippen LogP contribution in [0.5, 0.6) is 11.5 Å². The zero-order valence-electron chi connectivity index (χ0n) is 20.3. The van der Waals surface area contributed by atoms with Crippen molar-refractivity contribution < 1.29 is 22.7 Å². The maximum absolute atomic E-state index is 13.3. The first kappa shape index (κ1) is 25.1. The van der Waals surface area contributed by atoms with E-state index in [1.165, 1.54) is 41.8 Å². The average molecular weight is 475 g/mol. The van der Waals surface area contributed by atoms with Gasteiger partial charge in [0.15, 0.2) is 11.5 Å². The van der Waals surface area contributed by atoms with Gasteiger partial charge in [-0.3, -0.25) is 4.79 Å². The molecule has 8 heteroatoms. The Morgan fingerprint density at radius 3 is 2.36 bits per heavy atom. The summed E-state index contributed by atoms with van der Waals surface area (Å²) in [5.41, 5.74) is 4.61. The zero-order valence-corrected chi connectivity index (χ0v) is 21.1. The molecular formula is C25H34N2O5S. The monoisotopic (exact) mass is 474 g/mol. The summed E-state index contributed by atoms with van der Waals surface area (Å²) >= 11 is 0. The minimum Gasteiger partial charge on any atom is -0.493 e. The molecule has 1 N–H and O–H groups in total. The highest BCUT2D eigenvalue weighted by Gasteiger charge is 2.34. The van der Waals surface area contributed by atoms with Gasteiger partial charge in [-0.05, 0) is 74.9 Å². The SMILES string of the molecule is COc1ccc(S(=O)(=O)N2CCC[C@H](C(=O)N[C@@H](C)c3cc(C)c(C)cc3C)C2)cc1OC. The van der Waals surface area contributed by atoms with E-state index >= 15 is 0 Å². The number of hydrogen-bond donors (Lipinski definition) is 1. The van der Waals surface area contributed by atoms with E-state index in [4.69, 9.17) is 9.47 Å². The maximum Gasteiger partial charge on any atom is 0.243 e. The van der Waals surface area contributed by atoms with Crippen LogP contribution >= 0.6 is 0 Å². The number of hydrogen-bond acceptors (Lipinski definition) is 5. The Kier molecular flexibility index (Phi) is 7.69. The number of aryl methyl sites for hydroxylation is 3. The Morgan fingerprint density at radius 2 is 1.70 bits per heavy atom. The minimum absolute atomic E-state index is 0.118. The number of nitrogens with zero attached hydrogens (tertiary/aromatic N) is 1. The molecule has 1 aliphatic rings. The second kappa shape index (κ2) is 10.1. The van der Waals surface area contributed by atoms with Crippen LogP contribution < -0.4 is 14.8 Å². The van der Waals surface area contributed by atoms with E-state index < -0.39 is 15.9 Å². The quantitative estimate of drug-likeness (QED) is 0.658. The lowest BCUT2D eigenvalue weighted by atomic mass is 9.95. The molecule has 2 aromatic rings. The summed E-state index contributed by atoms with van der Waals surface area (Å²) in [6.07, 6.45) is 1.28. The summed E-state index contributed by atoms with van der Waals surface area (Å²) in [6.45, 7) is 8.68. The number of methoxy groups -OCH3 is 2. The molecule has 3 rings (SSSR count). The average Bonchev–Trinajstić information content (AvgIpc) is 2.80. The van der Waals surface area contributed by atoms with Crippen molar-refractivity contribution in [2.45, 2.75) is 51.5 Å². The Bertz CT molecular complexity index is 1130. The second-order valence-corrected chi connectivity index (χ2v) is 10.7. The van der Waals surface area contributed by atoms with Gasteiger partial charge in [0.2, 0.25) is 15.9 Å². The van der Waals surface area contributed by atoms with Gasteiger partial charge in [-0.1, -0.05) is 12.1 Å². The fourth-order valence-electron chi connectivity index (χ4n) is 4.36. The van der Waals surface area contributed by atoms with Crippen LogP contribution in [0.15, 0.2) is 35.2 Å². The number of benzene rings is 2. The molecule has 1 fully saturated rings. The summed E-state index contributed by atoms with van der Waals surface area (Å²) in [5.74, 6) is 0.292. The fourth-order valence-corrected chi connectivity index (χ4v) is 5.90. The molecule has 2 atom stereocenters. The molecule has 2 aromatic carbocycles. The molecule has 1 saturated heterocycles. The third kappa shape index (κ3) is 5.33. The van der Waals surface area contributed by atoms with E-state index in [2.05, 4.69) is 31.3 Å². The van der Waals surface area contributed by atoms with Crippen molar-refractivity contribution >= 4 is 15.9 Å². The first-order valence-electron chi connectivity index (χ1n) is 11.2. The van der Waals surface area contributed by atoms with Gasteiger partial charge in [0.1, 0.15) is 0 Å². The molecule has 180 valence electrons. The van der Waals surface area contributed by atoms with Crippen molar-refractivity contribution in [1.82, 2.24) is 9.62 Å². The Balaban J connectivity index is 1.74. The summed E-state index contributed by atoms with van der Waals surface area (Å²) in [7, 11) is -0.800. The second-order valence-electron chi connectivity index (χ2n) is 8.74. The number of sulfonamides is 1. The molecule has 0 unspecified atom stereocenters. The largest absolute Gasteiger partial charge is 0.493 e. The van der Waals surface area contributed by atoms with Crippen molar-refractivity contribution in [2.75, 3.05) is 27.3 Å². The topological polar surface area (TPSA) is 84.9 Å². The molecule has 0 bridgehead atoms. The van der Waals surface area contributed by atoms with Crippen LogP contribution in [0, 0.1) is 26.7 Å².